The molecule has 156 valence electrons. The molecule has 3 heterocycles. The maximum atomic E-state index is 12.2. The number of aryl methyl sites for hydroxylation is 2. The summed E-state index contributed by atoms with van der Waals surface area (Å²) in [6.07, 6.45) is 2.07. The smallest absolute Gasteiger partial charge is 0.323 e. The van der Waals surface area contributed by atoms with Gasteiger partial charge in [0.05, 0.1) is 22.4 Å². The predicted molar refractivity (Wildman–Crippen MR) is 115 cm³/mol. The summed E-state index contributed by atoms with van der Waals surface area (Å²) in [5, 5.41) is 16.2. The first-order chi connectivity index (χ1) is 14.1. The van der Waals surface area contributed by atoms with Crippen LogP contribution in [0, 0.1) is 19.3 Å². The van der Waals surface area contributed by atoms with Crippen molar-refractivity contribution in [2.24, 2.45) is 5.41 Å². The fourth-order valence-corrected chi connectivity index (χ4v) is 4.21. The van der Waals surface area contributed by atoms with Crippen molar-refractivity contribution in [2.75, 3.05) is 0 Å². The molecule has 0 bridgehead atoms. The van der Waals surface area contributed by atoms with Gasteiger partial charge in [-0.1, -0.05) is 32.0 Å². The lowest BCUT2D eigenvalue weighted by Gasteiger charge is -2.35. The summed E-state index contributed by atoms with van der Waals surface area (Å²) in [5.74, 6) is 0.674. The highest BCUT2D eigenvalue weighted by Crippen LogP contribution is 2.43. The standard InChI is InChI=1S/C23H26N4O3/c1-13-19(14(2)30-27-13)15-10-16(20-17(11-15)25-21(28)26-20)23(29,12-22(3,4)5)18-8-6-7-9-24-18/h6-11,29H,12H2,1-5H3,(H2,25,26,28)/t23-/m0/s1. The second kappa shape index (κ2) is 6.95. The molecule has 4 aromatic rings. The Bertz CT molecular complexity index is 1240. The molecule has 0 fully saturated rings. The molecule has 0 unspecified atom stereocenters. The van der Waals surface area contributed by atoms with Crippen molar-refractivity contribution in [2.45, 2.75) is 46.6 Å². The zero-order valence-corrected chi connectivity index (χ0v) is 17.8. The summed E-state index contributed by atoms with van der Waals surface area (Å²) in [7, 11) is 0. The molecule has 0 amide bonds. The minimum atomic E-state index is -1.42. The van der Waals surface area contributed by atoms with Crippen molar-refractivity contribution in [1.82, 2.24) is 20.1 Å². The Morgan fingerprint density at radius 3 is 2.50 bits per heavy atom. The van der Waals surface area contributed by atoms with Gasteiger partial charge in [-0.15, -0.1) is 0 Å². The number of nitrogens with one attached hydrogen (secondary N) is 2. The van der Waals surface area contributed by atoms with Crippen molar-refractivity contribution >= 4 is 11.0 Å². The number of aromatic amines is 2. The molecule has 0 radical (unpaired) electrons. The van der Waals surface area contributed by atoms with Crippen molar-refractivity contribution in [3.8, 4) is 11.1 Å². The molecule has 4 rings (SSSR count). The SMILES string of the molecule is Cc1noc(C)c1-c1cc([C@@](O)(CC(C)(C)C)c2ccccn2)c2[nH]c(=O)[nH]c2c1. The number of pyridine rings is 1. The van der Waals surface area contributed by atoms with E-state index >= 15 is 0 Å². The first-order valence-corrected chi connectivity index (χ1v) is 9.92. The molecule has 1 aromatic carbocycles. The van der Waals surface area contributed by atoms with E-state index < -0.39 is 5.60 Å². The van der Waals surface area contributed by atoms with Crippen LogP contribution in [0.4, 0.5) is 0 Å². The topological polar surface area (TPSA) is 108 Å². The monoisotopic (exact) mass is 406 g/mol. The quantitative estimate of drug-likeness (QED) is 0.471. The fraction of sp³-hybridized carbons (Fsp3) is 0.348. The number of hydrogen-bond donors (Lipinski definition) is 3. The van der Waals surface area contributed by atoms with Crippen molar-refractivity contribution in [3.05, 3.63) is 69.7 Å². The highest BCUT2D eigenvalue weighted by Gasteiger charge is 2.39. The molecule has 0 aliphatic rings. The number of rotatable bonds is 4. The minimum Gasteiger partial charge on any atom is -0.379 e. The van der Waals surface area contributed by atoms with Crippen LogP contribution < -0.4 is 5.69 Å². The third-order valence-corrected chi connectivity index (χ3v) is 5.27. The molecule has 0 saturated heterocycles. The van der Waals surface area contributed by atoms with E-state index in [0.29, 0.717) is 34.5 Å². The van der Waals surface area contributed by atoms with Gasteiger partial charge in [0.15, 0.2) is 0 Å². The summed E-state index contributed by atoms with van der Waals surface area (Å²) < 4.78 is 5.35. The highest BCUT2D eigenvalue weighted by molar-refractivity contribution is 5.87. The van der Waals surface area contributed by atoms with Crippen LogP contribution in [-0.4, -0.2) is 25.2 Å². The van der Waals surface area contributed by atoms with Gasteiger partial charge in [-0.05, 0) is 55.5 Å². The normalized spacial score (nSPS) is 14.2. The van der Waals surface area contributed by atoms with Crippen molar-refractivity contribution < 1.29 is 9.63 Å². The number of hydrogen-bond acceptors (Lipinski definition) is 5. The number of nitrogens with zero attached hydrogens (tertiary/aromatic N) is 2. The van der Waals surface area contributed by atoms with Gasteiger partial charge in [-0.2, -0.15) is 0 Å². The van der Waals surface area contributed by atoms with Crippen LogP contribution in [0.15, 0.2) is 45.8 Å². The minimum absolute atomic E-state index is 0.214. The largest absolute Gasteiger partial charge is 0.379 e. The lowest BCUT2D eigenvalue weighted by molar-refractivity contribution is 0.0334. The lowest BCUT2D eigenvalue weighted by Crippen LogP contribution is -2.34. The van der Waals surface area contributed by atoms with Gasteiger partial charge >= 0.3 is 5.69 Å². The van der Waals surface area contributed by atoms with Gasteiger partial charge in [0, 0.05) is 17.3 Å². The van der Waals surface area contributed by atoms with E-state index in [4.69, 9.17) is 4.52 Å². The van der Waals surface area contributed by atoms with Gasteiger partial charge in [0.1, 0.15) is 11.4 Å². The van der Waals surface area contributed by atoms with E-state index in [2.05, 4.69) is 40.9 Å². The summed E-state index contributed by atoms with van der Waals surface area (Å²) in [6, 6.07) is 9.25. The molecule has 7 heteroatoms. The molecular weight excluding hydrogens is 380 g/mol. The lowest BCUT2D eigenvalue weighted by atomic mass is 9.75. The molecular formula is C23H26N4O3. The number of H-pyrrole nitrogens is 2. The van der Waals surface area contributed by atoms with Crippen LogP contribution in [0.2, 0.25) is 0 Å². The molecule has 3 aromatic heterocycles. The number of fused-ring (bicyclic) bond motifs is 1. The second-order valence-corrected chi connectivity index (χ2v) is 9.04. The first-order valence-electron chi connectivity index (χ1n) is 9.92. The third kappa shape index (κ3) is 3.45. The highest BCUT2D eigenvalue weighted by atomic mass is 16.5. The van der Waals surface area contributed by atoms with Crippen LogP contribution in [0.5, 0.6) is 0 Å². The first kappa shape index (κ1) is 20.1. The molecule has 0 aliphatic carbocycles. The average Bonchev–Trinajstić information content (AvgIpc) is 3.20. The van der Waals surface area contributed by atoms with Crippen LogP contribution in [0.1, 0.15) is 49.9 Å². The number of aliphatic hydroxyl groups is 1. The van der Waals surface area contributed by atoms with Gasteiger partial charge in [-0.25, -0.2) is 4.79 Å². The fourth-order valence-electron chi connectivity index (χ4n) is 4.21. The molecule has 0 saturated carbocycles. The van der Waals surface area contributed by atoms with Gasteiger partial charge in [0.25, 0.3) is 0 Å². The summed E-state index contributed by atoms with van der Waals surface area (Å²) in [5.41, 5.74) is 2.72. The van der Waals surface area contributed by atoms with Crippen LogP contribution in [-0.2, 0) is 5.60 Å². The van der Waals surface area contributed by atoms with Gasteiger partial charge in [0.2, 0.25) is 0 Å². The van der Waals surface area contributed by atoms with Gasteiger partial charge in [-0.3, -0.25) is 4.98 Å². The Balaban J connectivity index is 2.07. The molecule has 3 N–H and O–H groups in total. The molecule has 1 atom stereocenters. The number of benzene rings is 1. The van der Waals surface area contributed by atoms with Crippen LogP contribution in [0.25, 0.3) is 22.2 Å². The zero-order valence-electron chi connectivity index (χ0n) is 17.8. The number of aromatic nitrogens is 4. The van der Waals surface area contributed by atoms with Gasteiger partial charge < -0.3 is 19.6 Å². The molecule has 30 heavy (non-hydrogen) atoms. The molecule has 7 nitrogen and oxygen atoms in total. The number of imidazole rings is 1. The van der Waals surface area contributed by atoms with E-state index in [1.165, 1.54) is 0 Å². The third-order valence-electron chi connectivity index (χ3n) is 5.27. The van der Waals surface area contributed by atoms with E-state index in [0.717, 1.165) is 16.8 Å². The Kier molecular flexibility index (Phi) is 4.66. The second-order valence-electron chi connectivity index (χ2n) is 9.04. The Labute approximate surface area is 174 Å². The van der Waals surface area contributed by atoms with Crippen LogP contribution in [0.3, 0.4) is 0 Å². The van der Waals surface area contributed by atoms with E-state index in [9.17, 15) is 9.90 Å². The summed E-state index contributed by atoms with van der Waals surface area (Å²) in [6.45, 7) is 9.91. The van der Waals surface area contributed by atoms with Crippen molar-refractivity contribution in [1.29, 1.82) is 0 Å². The summed E-state index contributed by atoms with van der Waals surface area (Å²) >= 11 is 0. The Morgan fingerprint density at radius 2 is 1.90 bits per heavy atom. The molecule has 0 spiro atoms. The average molecular weight is 406 g/mol. The van der Waals surface area contributed by atoms with Crippen molar-refractivity contribution in [3.63, 3.8) is 0 Å². The van der Waals surface area contributed by atoms with Crippen LogP contribution >= 0.6 is 0 Å². The maximum absolute atomic E-state index is 12.2. The maximum Gasteiger partial charge on any atom is 0.323 e. The Morgan fingerprint density at radius 1 is 1.13 bits per heavy atom. The Hall–Kier alpha value is -3.19. The van der Waals surface area contributed by atoms with E-state index in [1.807, 2.05) is 44.2 Å². The van der Waals surface area contributed by atoms with E-state index in [-0.39, 0.29) is 11.1 Å². The predicted octanol–water partition coefficient (Wildman–Crippen LogP) is 4.20. The zero-order chi connectivity index (χ0) is 21.7. The molecule has 0 aliphatic heterocycles. The van der Waals surface area contributed by atoms with E-state index in [1.54, 1.807) is 6.20 Å². The summed E-state index contributed by atoms with van der Waals surface area (Å²) in [4.78, 5) is 22.3.